The zero-order chi connectivity index (χ0) is 18.4. The highest BCUT2D eigenvalue weighted by Gasteiger charge is 2.09. The highest BCUT2D eigenvalue weighted by atomic mass is 35.5. The number of nitriles is 1. The molecule has 0 unspecified atom stereocenters. The van der Waals surface area contributed by atoms with Crippen molar-refractivity contribution in [1.29, 1.82) is 5.26 Å². The molecule has 0 fully saturated rings. The van der Waals surface area contributed by atoms with E-state index in [4.69, 9.17) is 11.6 Å². The van der Waals surface area contributed by atoms with E-state index < -0.39 is 5.82 Å². The highest BCUT2D eigenvalue weighted by molar-refractivity contribution is 7.98. The normalized spacial score (nSPS) is 11.2. The average molecular weight is 387 g/mol. The number of hydrogen-bond donors (Lipinski definition) is 2. The second kappa shape index (κ2) is 8.47. The van der Waals surface area contributed by atoms with Gasteiger partial charge in [-0.15, -0.1) is 22.0 Å². The van der Waals surface area contributed by atoms with E-state index in [1.165, 1.54) is 24.0 Å². The van der Waals surface area contributed by atoms with Crippen LogP contribution in [0.5, 0.6) is 0 Å². The summed E-state index contributed by atoms with van der Waals surface area (Å²) in [5, 5.41) is 25.7. The first-order valence-corrected chi connectivity index (χ1v) is 8.80. The Kier molecular flexibility index (Phi) is 5.84. The van der Waals surface area contributed by atoms with E-state index in [1.54, 1.807) is 12.1 Å². The first kappa shape index (κ1) is 17.9. The zero-order valence-corrected chi connectivity index (χ0v) is 14.9. The first-order valence-electron chi connectivity index (χ1n) is 7.44. The summed E-state index contributed by atoms with van der Waals surface area (Å²) in [5.41, 5.74) is 1.54. The number of tetrazole rings is 1. The molecule has 6 nitrogen and oxygen atoms in total. The molecule has 130 valence electrons. The van der Waals surface area contributed by atoms with Gasteiger partial charge in [0.15, 0.2) is 0 Å². The fourth-order valence-electron chi connectivity index (χ4n) is 2.10. The third-order valence-corrected chi connectivity index (χ3v) is 4.79. The number of aromatic amines is 1. The maximum atomic E-state index is 14.0. The van der Waals surface area contributed by atoms with Crippen LogP contribution in [-0.2, 0) is 5.75 Å². The van der Waals surface area contributed by atoms with E-state index >= 15 is 0 Å². The van der Waals surface area contributed by atoms with Crippen molar-refractivity contribution in [2.24, 2.45) is 0 Å². The number of para-hydroxylation sites is 1. The fraction of sp³-hybridized carbons (Fsp3) is 0.0588. The summed E-state index contributed by atoms with van der Waals surface area (Å²) in [5.74, 6) is 0.215. The van der Waals surface area contributed by atoms with Crippen molar-refractivity contribution >= 4 is 34.6 Å². The van der Waals surface area contributed by atoms with Gasteiger partial charge in [0.05, 0.1) is 10.7 Å². The average Bonchev–Trinajstić information content (AvgIpc) is 3.19. The van der Waals surface area contributed by atoms with E-state index in [0.29, 0.717) is 11.3 Å². The van der Waals surface area contributed by atoms with Crippen LogP contribution in [0.15, 0.2) is 53.6 Å². The lowest BCUT2D eigenvalue weighted by Crippen LogP contribution is -1.95. The van der Waals surface area contributed by atoms with Crippen molar-refractivity contribution < 1.29 is 4.39 Å². The van der Waals surface area contributed by atoms with Crippen LogP contribution < -0.4 is 5.32 Å². The van der Waals surface area contributed by atoms with Gasteiger partial charge in [-0.1, -0.05) is 35.9 Å². The molecule has 2 aromatic carbocycles. The van der Waals surface area contributed by atoms with Crippen molar-refractivity contribution in [2.45, 2.75) is 10.6 Å². The van der Waals surface area contributed by atoms with E-state index in [1.807, 2.05) is 30.3 Å². The molecule has 0 saturated heterocycles. The minimum atomic E-state index is -0.407. The predicted molar refractivity (Wildman–Crippen MR) is 98.8 cm³/mol. The minimum Gasteiger partial charge on any atom is -0.359 e. The second-order valence-electron chi connectivity index (χ2n) is 5.05. The molecule has 0 saturated carbocycles. The summed E-state index contributed by atoms with van der Waals surface area (Å²) >= 11 is 7.28. The molecule has 1 heterocycles. The number of rotatable bonds is 6. The zero-order valence-electron chi connectivity index (χ0n) is 13.3. The molecule has 2 N–H and O–H groups in total. The molecular weight excluding hydrogens is 375 g/mol. The third kappa shape index (κ3) is 4.20. The van der Waals surface area contributed by atoms with Crippen LogP contribution in [0.25, 0.3) is 5.57 Å². The van der Waals surface area contributed by atoms with E-state index in [-0.39, 0.29) is 16.4 Å². The van der Waals surface area contributed by atoms with Gasteiger partial charge < -0.3 is 5.32 Å². The van der Waals surface area contributed by atoms with Crippen molar-refractivity contribution in [1.82, 2.24) is 20.6 Å². The van der Waals surface area contributed by atoms with E-state index in [0.717, 1.165) is 10.6 Å². The Morgan fingerprint density at radius 3 is 2.92 bits per heavy atom. The lowest BCUT2D eigenvalue weighted by Gasteiger charge is -2.10. The summed E-state index contributed by atoms with van der Waals surface area (Å²) in [7, 11) is 0. The van der Waals surface area contributed by atoms with Gasteiger partial charge >= 0.3 is 0 Å². The van der Waals surface area contributed by atoms with E-state index in [9.17, 15) is 9.65 Å². The van der Waals surface area contributed by atoms with Crippen LogP contribution in [-0.4, -0.2) is 20.6 Å². The van der Waals surface area contributed by atoms with Crippen LogP contribution >= 0.6 is 23.4 Å². The van der Waals surface area contributed by atoms with Crippen LogP contribution in [0.1, 0.15) is 11.4 Å². The van der Waals surface area contributed by atoms with Gasteiger partial charge in [-0.05, 0) is 29.0 Å². The second-order valence-corrected chi connectivity index (χ2v) is 6.47. The quantitative estimate of drug-likeness (QED) is 0.486. The van der Waals surface area contributed by atoms with Gasteiger partial charge in [0, 0.05) is 16.8 Å². The summed E-state index contributed by atoms with van der Waals surface area (Å²) in [6.45, 7) is 0. The van der Waals surface area contributed by atoms with Gasteiger partial charge in [0.2, 0.25) is 5.82 Å². The Morgan fingerprint density at radius 1 is 1.31 bits per heavy atom. The molecule has 0 spiro atoms. The van der Waals surface area contributed by atoms with Gasteiger partial charge in [0.1, 0.15) is 17.5 Å². The largest absolute Gasteiger partial charge is 0.359 e. The summed E-state index contributed by atoms with van der Waals surface area (Å²) in [6.07, 6.45) is 1.50. The maximum Gasteiger partial charge on any atom is 0.216 e. The third-order valence-electron chi connectivity index (χ3n) is 3.38. The Morgan fingerprint density at radius 2 is 2.15 bits per heavy atom. The van der Waals surface area contributed by atoms with Crippen molar-refractivity contribution in [3.8, 4) is 6.07 Å². The number of benzene rings is 2. The maximum absolute atomic E-state index is 14.0. The summed E-state index contributed by atoms with van der Waals surface area (Å²) in [4.78, 5) is 0.897. The lowest BCUT2D eigenvalue weighted by atomic mass is 10.2. The molecule has 0 amide bonds. The van der Waals surface area contributed by atoms with E-state index in [2.05, 4.69) is 25.9 Å². The van der Waals surface area contributed by atoms with Crippen LogP contribution in [0.3, 0.4) is 0 Å². The molecule has 0 aliphatic carbocycles. The number of halogens is 2. The highest BCUT2D eigenvalue weighted by Crippen LogP contribution is 2.31. The minimum absolute atomic E-state index is 0.108. The standard InChI is InChI=1S/C17H12ClFN6S/c18-13-5-3-4-11(16(13)19)10-26-15-7-2-1-6-14(15)21-9-12(8-20)17-22-24-25-23-17/h1-7,9,21H,10H2,(H,22,23,24,25). The van der Waals surface area contributed by atoms with Crippen molar-refractivity contribution in [2.75, 3.05) is 5.32 Å². The molecule has 9 heteroatoms. The predicted octanol–water partition coefficient (Wildman–Crippen LogP) is 4.26. The number of allylic oxidation sites excluding steroid dienone is 1. The molecule has 3 aromatic rings. The topological polar surface area (TPSA) is 90.3 Å². The number of H-pyrrole nitrogens is 1. The Bertz CT molecular complexity index is 968. The number of nitrogens with one attached hydrogen (secondary N) is 2. The summed E-state index contributed by atoms with van der Waals surface area (Å²) < 4.78 is 14.0. The molecule has 0 bridgehead atoms. The summed E-state index contributed by atoms with van der Waals surface area (Å²) in [6, 6.07) is 14.5. The van der Waals surface area contributed by atoms with Gasteiger partial charge in [-0.25, -0.2) is 4.39 Å². The number of anilines is 1. The molecule has 26 heavy (non-hydrogen) atoms. The van der Waals surface area contributed by atoms with Crippen molar-refractivity contribution in [3.05, 3.63) is 70.9 Å². The molecule has 0 radical (unpaired) electrons. The van der Waals surface area contributed by atoms with Gasteiger partial charge in [-0.3, -0.25) is 0 Å². The smallest absolute Gasteiger partial charge is 0.216 e. The molecular formula is C17H12ClFN6S. The number of hydrogen-bond acceptors (Lipinski definition) is 6. The Balaban J connectivity index is 1.76. The molecule has 1 aromatic heterocycles. The van der Waals surface area contributed by atoms with Crippen LogP contribution in [0.4, 0.5) is 10.1 Å². The fourth-order valence-corrected chi connectivity index (χ4v) is 3.29. The lowest BCUT2D eigenvalue weighted by molar-refractivity contribution is 0.618. The van der Waals surface area contributed by atoms with Crippen molar-refractivity contribution in [3.63, 3.8) is 0 Å². The Hall–Kier alpha value is -2.89. The SMILES string of the molecule is N#CC(=CNc1ccccc1SCc1cccc(Cl)c1F)c1nn[nH]n1. The molecule has 0 aliphatic heterocycles. The first-order chi connectivity index (χ1) is 12.7. The molecule has 3 rings (SSSR count). The molecule has 0 aliphatic rings. The monoisotopic (exact) mass is 386 g/mol. The van der Waals surface area contributed by atoms with Crippen LogP contribution in [0, 0.1) is 17.1 Å². The van der Waals surface area contributed by atoms with Gasteiger partial charge in [0.25, 0.3) is 0 Å². The number of thioether (sulfide) groups is 1. The molecule has 0 atom stereocenters. The van der Waals surface area contributed by atoms with Gasteiger partial charge in [-0.2, -0.15) is 10.5 Å². The number of nitrogens with zero attached hydrogens (tertiary/aromatic N) is 4. The Labute approximate surface area is 158 Å². The number of aromatic nitrogens is 4. The van der Waals surface area contributed by atoms with Crippen LogP contribution in [0.2, 0.25) is 5.02 Å².